The van der Waals surface area contributed by atoms with Crippen LogP contribution in [0, 0.1) is 6.92 Å². The van der Waals surface area contributed by atoms with Gasteiger partial charge in [0.15, 0.2) is 0 Å². The van der Waals surface area contributed by atoms with Gasteiger partial charge in [-0.2, -0.15) is 0 Å². The number of hydrogen-bond acceptors (Lipinski definition) is 4. The molecule has 0 spiro atoms. The summed E-state index contributed by atoms with van der Waals surface area (Å²) in [6.45, 7) is 5.05. The Labute approximate surface area is 166 Å². The molecule has 1 aliphatic heterocycles. The second kappa shape index (κ2) is 8.91. The van der Waals surface area contributed by atoms with Gasteiger partial charge >= 0.3 is 5.97 Å². The summed E-state index contributed by atoms with van der Waals surface area (Å²) in [6, 6.07) is 16.1. The molecule has 3 rings (SSSR count). The number of benzene rings is 2. The highest BCUT2D eigenvalue weighted by atomic mass is 16.5. The van der Waals surface area contributed by atoms with Gasteiger partial charge in [-0.1, -0.05) is 42.5 Å². The molecule has 148 valence electrons. The van der Waals surface area contributed by atoms with Crippen LogP contribution in [0.3, 0.4) is 0 Å². The minimum Gasteiger partial charge on any atom is -0.469 e. The van der Waals surface area contributed by atoms with Crippen LogP contribution in [0.25, 0.3) is 0 Å². The molecule has 2 aromatic carbocycles. The van der Waals surface area contributed by atoms with Gasteiger partial charge in [0.05, 0.1) is 19.6 Å². The van der Waals surface area contributed by atoms with Crippen molar-refractivity contribution < 1.29 is 14.3 Å². The fourth-order valence-corrected chi connectivity index (χ4v) is 3.90. The van der Waals surface area contributed by atoms with E-state index in [4.69, 9.17) is 4.74 Å². The lowest BCUT2D eigenvalue weighted by Gasteiger charge is -2.34. The number of hydrogen-bond donors (Lipinski definition) is 1. The molecule has 0 saturated heterocycles. The van der Waals surface area contributed by atoms with Crippen molar-refractivity contribution >= 4 is 17.6 Å². The van der Waals surface area contributed by atoms with Crippen molar-refractivity contribution in [2.45, 2.75) is 38.6 Å². The van der Waals surface area contributed by atoms with Crippen LogP contribution >= 0.6 is 0 Å². The number of fused-ring (bicyclic) bond motifs is 1. The third kappa shape index (κ3) is 4.53. The third-order valence-corrected chi connectivity index (χ3v) is 5.36. The molecule has 0 unspecified atom stereocenters. The number of aryl methyl sites for hydroxylation is 1. The van der Waals surface area contributed by atoms with Crippen LogP contribution in [0.15, 0.2) is 48.5 Å². The molecular weight excluding hydrogens is 352 g/mol. The molecule has 0 saturated carbocycles. The van der Waals surface area contributed by atoms with Crippen molar-refractivity contribution in [1.29, 1.82) is 0 Å². The van der Waals surface area contributed by atoms with Crippen LogP contribution in [0.2, 0.25) is 0 Å². The number of rotatable bonds is 6. The van der Waals surface area contributed by atoms with E-state index in [1.165, 1.54) is 18.2 Å². The molecule has 1 heterocycles. The first-order valence-electron chi connectivity index (χ1n) is 9.75. The Morgan fingerprint density at radius 2 is 1.89 bits per heavy atom. The van der Waals surface area contributed by atoms with E-state index in [1.54, 1.807) is 0 Å². The van der Waals surface area contributed by atoms with Crippen LogP contribution in [0.4, 0.5) is 5.69 Å². The van der Waals surface area contributed by atoms with Gasteiger partial charge < -0.3 is 15.0 Å². The Morgan fingerprint density at radius 3 is 2.64 bits per heavy atom. The predicted molar refractivity (Wildman–Crippen MR) is 111 cm³/mol. The minimum atomic E-state index is -0.263. The minimum absolute atomic E-state index is 0.00703. The molecule has 5 nitrogen and oxygen atoms in total. The first-order valence-corrected chi connectivity index (χ1v) is 9.75. The number of nitrogens with one attached hydrogen (secondary N) is 1. The summed E-state index contributed by atoms with van der Waals surface area (Å²) in [5, 5.41) is 3.11. The van der Waals surface area contributed by atoms with Crippen LogP contribution in [-0.2, 0) is 20.7 Å². The van der Waals surface area contributed by atoms with E-state index in [0.29, 0.717) is 13.0 Å². The first kappa shape index (κ1) is 19.9. The van der Waals surface area contributed by atoms with Gasteiger partial charge in [-0.3, -0.25) is 9.59 Å². The quantitative estimate of drug-likeness (QED) is 0.782. The van der Waals surface area contributed by atoms with E-state index in [1.807, 2.05) is 48.2 Å². The Hall–Kier alpha value is -2.82. The lowest BCUT2D eigenvalue weighted by atomic mass is 9.90. The van der Waals surface area contributed by atoms with Gasteiger partial charge in [-0.05, 0) is 49.4 Å². The summed E-state index contributed by atoms with van der Waals surface area (Å²) in [4.78, 5) is 26.8. The first-order chi connectivity index (χ1) is 13.5. The molecule has 2 aromatic rings. The normalized spacial score (nSPS) is 16.8. The summed E-state index contributed by atoms with van der Waals surface area (Å²) < 4.78 is 4.94. The van der Waals surface area contributed by atoms with Crippen molar-refractivity contribution in [1.82, 2.24) is 5.32 Å². The Morgan fingerprint density at radius 1 is 1.18 bits per heavy atom. The van der Waals surface area contributed by atoms with Gasteiger partial charge in [0.2, 0.25) is 5.91 Å². The smallest absolute Gasteiger partial charge is 0.313 e. The molecule has 0 radical (unpaired) electrons. The molecular formula is C23H28N2O3. The second-order valence-corrected chi connectivity index (χ2v) is 7.44. The number of nitrogens with zero attached hydrogens (tertiary/aromatic N) is 1. The van der Waals surface area contributed by atoms with Crippen LogP contribution < -0.4 is 10.2 Å². The number of amides is 1. The maximum Gasteiger partial charge on any atom is 0.313 e. The largest absolute Gasteiger partial charge is 0.469 e. The molecule has 2 atom stereocenters. The van der Waals surface area contributed by atoms with E-state index in [9.17, 15) is 9.59 Å². The van der Waals surface area contributed by atoms with Gasteiger partial charge in [0.1, 0.15) is 0 Å². The van der Waals surface area contributed by atoms with E-state index in [2.05, 4.69) is 24.4 Å². The van der Waals surface area contributed by atoms with Crippen molar-refractivity contribution in [2.75, 3.05) is 25.1 Å². The van der Waals surface area contributed by atoms with Gasteiger partial charge in [-0.25, -0.2) is 0 Å². The Balaban J connectivity index is 1.64. The van der Waals surface area contributed by atoms with E-state index in [0.717, 1.165) is 17.7 Å². The van der Waals surface area contributed by atoms with Crippen LogP contribution in [-0.4, -0.2) is 38.1 Å². The van der Waals surface area contributed by atoms with Crippen molar-refractivity contribution in [3.05, 3.63) is 65.2 Å². The maximum atomic E-state index is 12.6. The Bertz CT molecular complexity index is 849. The Kier molecular flexibility index (Phi) is 6.34. The highest BCUT2D eigenvalue weighted by Crippen LogP contribution is 2.35. The number of anilines is 1. The zero-order valence-electron chi connectivity index (χ0n) is 16.8. The highest BCUT2D eigenvalue weighted by molar-refractivity contribution is 5.85. The van der Waals surface area contributed by atoms with Crippen LogP contribution in [0.1, 0.15) is 36.0 Å². The molecule has 1 aliphatic rings. The monoisotopic (exact) mass is 380 g/mol. The number of ether oxygens (including phenoxy) is 1. The average molecular weight is 380 g/mol. The summed E-state index contributed by atoms with van der Waals surface area (Å²) in [5.41, 5.74) is 4.36. The van der Waals surface area contributed by atoms with Gasteiger partial charge in [0.25, 0.3) is 0 Å². The summed E-state index contributed by atoms with van der Waals surface area (Å²) in [5.74, 6) is -0.490. The van der Waals surface area contributed by atoms with Crippen LogP contribution in [0.5, 0.6) is 0 Å². The van der Waals surface area contributed by atoms with Crippen molar-refractivity contribution in [2.24, 2.45) is 0 Å². The summed E-state index contributed by atoms with van der Waals surface area (Å²) in [6.07, 6.45) is 1.45. The molecule has 1 N–H and O–H groups in total. The zero-order chi connectivity index (χ0) is 20.1. The fraction of sp³-hybridized carbons (Fsp3) is 0.391. The lowest BCUT2D eigenvalue weighted by Crippen LogP contribution is -2.44. The number of carbonyl (C=O) groups excluding carboxylic acids is 2. The van der Waals surface area contributed by atoms with E-state index < -0.39 is 0 Å². The zero-order valence-corrected chi connectivity index (χ0v) is 16.8. The number of esters is 1. The maximum absolute atomic E-state index is 12.6. The summed E-state index contributed by atoms with van der Waals surface area (Å²) in [7, 11) is 1.42. The van der Waals surface area contributed by atoms with Gasteiger partial charge in [0, 0.05) is 18.3 Å². The molecule has 0 aromatic heterocycles. The van der Waals surface area contributed by atoms with Gasteiger partial charge in [-0.15, -0.1) is 0 Å². The highest BCUT2D eigenvalue weighted by Gasteiger charge is 2.31. The number of para-hydroxylation sites is 1. The third-order valence-electron chi connectivity index (χ3n) is 5.36. The standard InChI is InChI=1S/C23H28N2O3/c1-16-8-4-5-9-18(16)14-17(2)24-22(26)15-25-13-12-20(23(27)28-3)19-10-6-7-11-21(19)25/h4-11,17,20H,12-15H2,1-3H3,(H,24,26)/t17-,20+/m1/s1. The number of methoxy groups -OCH3 is 1. The average Bonchev–Trinajstić information content (AvgIpc) is 2.69. The molecule has 0 aliphatic carbocycles. The van der Waals surface area contributed by atoms with Crippen molar-refractivity contribution in [3.8, 4) is 0 Å². The molecule has 0 fully saturated rings. The van der Waals surface area contributed by atoms with Crippen molar-refractivity contribution in [3.63, 3.8) is 0 Å². The predicted octanol–water partition coefficient (Wildman–Crippen LogP) is 3.21. The second-order valence-electron chi connectivity index (χ2n) is 7.44. The topological polar surface area (TPSA) is 58.6 Å². The molecule has 1 amide bonds. The molecule has 28 heavy (non-hydrogen) atoms. The fourth-order valence-electron chi connectivity index (χ4n) is 3.90. The molecule has 5 heteroatoms. The van der Waals surface area contributed by atoms with E-state index >= 15 is 0 Å². The SMILES string of the molecule is COC(=O)[C@H]1CCN(CC(=O)N[C@H](C)Cc2ccccc2C)c2ccccc21. The molecule has 0 bridgehead atoms. The van der Waals surface area contributed by atoms with E-state index in [-0.39, 0.29) is 30.4 Å². The lowest BCUT2D eigenvalue weighted by molar-refractivity contribution is -0.142. The number of carbonyl (C=O) groups is 2. The summed E-state index contributed by atoms with van der Waals surface area (Å²) >= 11 is 0.